The van der Waals surface area contributed by atoms with Crippen molar-refractivity contribution in [1.82, 2.24) is 9.91 Å². The van der Waals surface area contributed by atoms with Gasteiger partial charge in [-0.1, -0.05) is 25.1 Å². The van der Waals surface area contributed by atoms with Crippen molar-refractivity contribution in [3.8, 4) is 0 Å². The van der Waals surface area contributed by atoms with E-state index in [2.05, 4.69) is 17.3 Å². The molecule has 8 nitrogen and oxygen atoms in total. The molecule has 2 aliphatic rings. The number of hydrazone groups is 1. The van der Waals surface area contributed by atoms with Crippen molar-refractivity contribution in [2.45, 2.75) is 25.8 Å². The Morgan fingerprint density at radius 3 is 2.61 bits per heavy atom. The van der Waals surface area contributed by atoms with Gasteiger partial charge in [0.15, 0.2) is 0 Å². The molecule has 0 spiro atoms. The van der Waals surface area contributed by atoms with Gasteiger partial charge in [0.1, 0.15) is 0 Å². The summed E-state index contributed by atoms with van der Waals surface area (Å²) in [6.07, 6.45) is 3.41. The van der Waals surface area contributed by atoms with Crippen LogP contribution in [0.2, 0.25) is 0 Å². The number of hydrogen-bond acceptors (Lipinski definition) is 6. The standard InChI is InChI=1S/C25H30N4O4/c1-2-23-22-15-21(8-7-19(22)9-10-28(23)17-24(30)31)27-25(32)20-5-3-18(4-6-20)16-26-29-11-13-33-14-12-29/h3-8,15-16,23H,2,9-14,17H2,1H3,(H,27,32)(H,30,31). The smallest absolute Gasteiger partial charge is 0.317 e. The molecule has 4 rings (SSSR count). The minimum Gasteiger partial charge on any atom is -0.480 e. The first-order chi connectivity index (χ1) is 16.0. The molecule has 8 heteroatoms. The fourth-order valence-corrected chi connectivity index (χ4v) is 4.41. The minimum atomic E-state index is -0.820. The van der Waals surface area contributed by atoms with Crippen molar-refractivity contribution in [2.75, 3.05) is 44.7 Å². The average Bonchev–Trinajstić information content (AvgIpc) is 2.83. The lowest BCUT2D eigenvalue weighted by Crippen LogP contribution is -2.38. The maximum atomic E-state index is 12.8. The molecule has 2 heterocycles. The van der Waals surface area contributed by atoms with E-state index >= 15 is 0 Å². The SMILES string of the molecule is CCC1c2cc(NC(=O)c3ccc(C=NN4CCOCC4)cc3)ccc2CCN1CC(=O)O. The lowest BCUT2D eigenvalue weighted by molar-refractivity contribution is -0.139. The Bertz CT molecular complexity index is 1020. The van der Waals surface area contributed by atoms with Gasteiger partial charge < -0.3 is 15.2 Å². The van der Waals surface area contributed by atoms with Crippen LogP contribution in [0.25, 0.3) is 0 Å². The summed E-state index contributed by atoms with van der Waals surface area (Å²) in [6.45, 7) is 5.76. The number of nitrogens with one attached hydrogen (secondary N) is 1. The van der Waals surface area contributed by atoms with E-state index in [1.807, 2.05) is 40.2 Å². The highest BCUT2D eigenvalue weighted by molar-refractivity contribution is 6.04. The quantitative estimate of drug-likeness (QED) is 0.630. The van der Waals surface area contributed by atoms with Crippen LogP contribution in [-0.4, -0.2) is 72.5 Å². The van der Waals surface area contributed by atoms with Crippen molar-refractivity contribution >= 4 is 23.8 Å². The average molecular weight is 451 g/mol. The number of carbonyl (C=O) groups is 2. The molecule has 0 radical (unpaired) electrons. The predicted molar refractivity (Wildman–Crippen MR) is 127 cm³/mol. The molecule has 2 aromatic carbocycles. The van der Waals surface area contributed by atoms with Crippen molar-refractivity contribution in [2.24, 2.45) is 5.10 Å². The van der Waals surface area contributed by atoms with Gasteiger partial charge in [-0.15, -0.1) is 0 Å². The van der Waals surface area contributed by atoms with E-state index in [0.717, 1.165) is 43.6 Å². The lowest BCUT2D eigenvalue weighted by atomic mass is 9.90. The van der Waals surface area contributed by atoms with Crippen LogP contribution in [-0.2, 0) is 16.0 Å². The topological polar surface area (TPSA) is 94.5 Å². The zero-order chi connectivity index (χ0) is 23.2. The van der Waals surface area contributed by atoms with Gasteiger partial charge in [-0.2, -0.15) is 5.10 Å². The van der Waals surface area contributed by atoms with E-state index in [-0.39, 0.29) is 18.5 Å². The number of carboxylic acids is 1. The summed E-state index contributed by atoms with van der Waals surface area (Å²) >= 11 is 0. The van der Waals surface area contributed by atoms with Gasteiger partial charge in [0.05, 0.1) is 39.1 Å². The van der Waals surface area contributed by atoms with Crippen molar-refractivity contribution in [1.29, 1.82) is 0 Å². The molecule has 174 valence electrons. The van der Waals surface area contributed by atoms with Gasteiger partial charge in [0.25, 0.3) is 5.91 Å². The van der Waals surface area contributed by atoms with E-state index in [0.29, 0.717) is 24.5 Å². The Labute approximate surface area is 193 Å². The summed E-state index contributed by atoms with van der Waals surface area (Å²) in [5, 5.41) is 18.7. The minimum absolute atomic E-state index is 0.0235. The molecule has 0 aliphatic carbocycles. The summed E-state index contributed by atoms with van der Waals surface area (Å²) in [5.74, 6) is -1.00. The Hall–Kier alpha value is -3.23. The molecule has 1 atom stereocenters. The van der Waals surface area contributed by atoms with Crippen LogP contribution in [0.15, 0.2) is 47.6 Å². The zero-order valence-corrected chi connectivity index (χ0v) is 18.9. The number of carboxylic acid groups (broad SMARTS) is 1. The summed E-state index contributed by atoms with van der Waals surface area (Å²) in [6, 6.07) is 13.3. The summed E-state index contributed by atoms with van der Waals surface area (Å²) in [7, 11) is 0. The number of aliphatic carboxylic acids is 1. The normalized spacial score (nSPS) is 18.8. The largest absolute Gasteiger partial charge is 0.480 e. The monoisotopic (exact) mass is 450 g/mol. The molecule has 2 N–H and O–H groups in total. The maximum absolute atomic E-state index is 12.8. The van der Waals surface area contributed by atoms with Crippen LogP contribution in [0.5, 0.6) is 0 Å². The molecular weight excluding hydrogens is 420 g/mol. The van der Waals surface area contributed by atoms with Gasteiger partial charge in [0, 0.05) is 23.8 Å². The fraction of sp³-hybridized carbons (Fsp3) is 0.400. The van der Waals surface area contributed by atoms with Crippen molar-refractivity contribution in [3.05, 3.63) is 64.7 Å². The molecule has 33 heavy (non-hydrogen) atoms. The number of fused-ring (bicyclic) bond motifs is 1. The second-order valence-electron chi connectivity index (χ2n) is 8.34. The molecular formula is C25H30N4O4. The van der Waals surface area contributed by atoms with Crippen molar-refractivity contribution < 1.29 is 19.4 Å². The van der Waals surface area contributed by atoms with Gasteiger partial charge in [-0.25, -0.2) is 0 Å². The predicted octanol–water partition coefficient (Wildman–Crippen LogP) is 3.00. The summed E-state index contributed by atoms with van der Waals surface area (Å²) < 4.78 is 5.32. The number of carbonyl (C=O) groups excluding carboxylic acids is 1. The fourth-order valence-electron chi connectivity index (χ4n) is 4.41. The summed E-state index contributed by atoms with van der Waals surface area (Å²) in [4.78, 5) is 26.0. The van der Waals surface area contributed by atoms with Crippen LogP contribution < -0.4 is 5.32 Å². The van der Waals surface area contributed by atoms with Crippen LogP contribution in [0.4, 0.5) is 5.69 Å². The van der Waals surface area contributed by atoms with Crippen LogP contribution >= 0.6 is 0 Å². The first kappa shape index (κ1) is 22.9. The molecule has 0 saturated carbocycles. The van der Waals surface area contributed by atoms with Crippen LogP contribution in [0.3, 0.4) is 0 Å². The number of ether oxygens (including phenoxy) is 1. The lowest BCUT2D eigenvalue weighted by Gasteiger charge is -2.36. The van der Waals surface area contributed by atoms with E-state index in [1.54, 1.807) is 18.3 Å². The van der Waals surface area contributed by atoms with E-state index in [9.17, 15) is 14.7 Å². The van der Waals surface area contributed by atoms with Gasteiger partial charge in [0.2, 0.25) is 0 Å². The zero-order valence-electron chi connectivity index (χ0n) is 18.9. The maximum Gasteiger partial charge on any atom is 0.317 e. The molecule has 1 amide bonds. The Morgan fingerprint density at radius 2 is 1.91 bits per heavy atom. The first-order valence-electron chi connectivity index (χ1n) is 11.4. The number of nitrogens with zero attached hydrogens (tertiary/aromatic N) is 3. The molecule has 2 aromatic rings. The molecule has 0 aromatic heterocycles. The second-order valence-corrected chi connectivity index (χ2v) is 8.34. The van der Waals surface area contributed by atoms with Gasteiger partial charge in [-0.05, 0) is 53.8 Å². The van der Waals surface area contributed by atoms with E-state index < -0.39 is 5.97 Å². The number of anilines is 1. The third-order valence-corrected chi connectivity index (χ3v) is 6.13. The molecule has 2 aliphatic heterocycles. The number of amides is 1. The molecule has 0 bridgehead atoms. The highest BCUT2D eigenvalue weighted by Crippen LogP contribution is 2.33. The number of benzene rings is 2. The van der Waals surface area contributed by atoms with E-state index in [1.165, 1.54) is 5.56 Å². The van der Waals surface area contributed by atoms with Crippen molar-refractivity contribution in [3.63, 3.8) is 0 Å². The van der Waals surface area contributed by atoms with Gasteiger partial charge >= 0.3 is 5.97 Å². The van der Waals surface area contributed by atoms with Crippen LogP contribution in [0, 0.1) is 0 Å². The molecule has 1 fully saturated rings. The van der Waals surface area contributed by atoms with Gasteiger partial charge in [-0.3, -0.25) is 19.5 Å². The van der Waals surface area contributed by atoms with E-state index in [4.69, 9.17) is 4.74 Å². The molecule has 1 unspecified atom stereocenters. The number of rotatable bonds is 7. The highest BCUT2D eigenvalue weighted by Gasteiger charge is 2.27. The highest BCUT2D eigenvalue weighted by atomic mass is 16.5. The first-order valence-corrected chi connectivity index (χ1v) is 11.4. The van der Waals surface area contributed by atoms with Crippen LogP contribution in [0.1, 0.15) is 46.4 Å². The summed E-state index contributed by atoms with van der Waals surface area (Å²) in [5.41, 5.74) is 4.52. The Balaban J connectivity index is 1.42. The Morgan fingerprint density at radius 1 is 1.15 bits per heavy atom. The third-order valence-electron chi connectivity index (χ3n) is 6.13. The third kappa shape index (κ3) is 5.77. The Kier molecular flexibility index (Phi) is 7.36. The number of morpholine rings is 1. The number of hydrogen-bond donors (Lipinski definition) is 2. The molecule has 1 saturated heterocycles. The second kappa shape index (κ2) is 10.6.